The highest BCUT2D eigenvalue weighted by Crippen LogP contribution is 2.47. The van der Waals surface area contributed by atoms with E-state index in [0.717, 1.165) is 67.1 Å². The maximum atomic E-state index is 9.86. The van der Waals surface area contributed by atoms with Crippen LogP contribution in [0.2, 0.25) is 0 Å². The predicted octanol–water partition coefficient (Wildman–Crippen LogP) is 14.0. The Bertz CT molecular complexity index is 3400. The number of fused-ring (bicyclic) bond motifs is 7. The first-order chi connectivity index (χ1) is 29.6. The van der Waals surface area contributed by atoms with E-state index in [0.29, 0.717) is 17.0 Å². The van der Waals surface area contributed by atoms with Crippen molar-refractivity contribution < 1.29 is 0 Å². The summed E-state index contributed by atoms with van der Waals surface area (Å²) in [6.07, 6.45) is 0. The molecular formula is C54H31N5S. The first kappa shape index (κ1) is 35.0. The molecule has 3 heterocycles. The van der Waals surface area contributed by atoms with Gasteiger partial charge >= 0.3 is 0 Å². The van der Waals surface area contributed by atoms with Gasteiger partial charge in [-0.1, -0.05) is 127 Å². The molecule has 0 spiro atoms. The molecule has 0 saturated heterocycles. The molecule has 60 heavy (non-hydrogen) atoms. The molecule has 11 rings (SSSR count). The number of benzene rings is 8. The van der Waals surface area contributed by atoms with Crippen LogP contribution in [0.4, 0.5) is 0 Å². The zero-order chi connectivity index (χ0) is 40.2. The van der Waals surface area contributed by atoms with Crippen molar-refractivity contribution in [1.29, 1.82) is 10.5 Å². The third-order valence-electron chi connectivity index (χ3n) is 11.3. The van der Waals surface area contributed by atoms with Crippen molar-refractivity contribution in [2.45, 2.75) is 0 Å². The third-order valence-corrected chi connectivity index (χ3v) is 12.5. The fourth-order valence-electron chi connectivity index (χ4n) is 8.46. The van der Waals surface area contributed by atoms with Gasteiger partial charge in [-0.05, 0) is 71.8 Å². The van der Waals surface area contributed by atoms with Crippen LogP contribution in [-0.2, 0) is 0 Å². The number of rotatable bonds is 6. The van der Waals surface area contributed by atoms with Crippen LogP contribution in [-0.4, -0.2) is 14.5 Å². The van der Waals surface area contributed by atoms with Gasteiger partial charge in [-0.2, -0.15) is 10.5 Å². The number of nitriles is 2. The van der Waals surface area contributed by atoms with E-state index in [-0.39, 0.29) is 0 Å². The Balaban J connectivity index is 1.28. The lowest BCUT2D eigenvalue weighted by Gasteiger charge is -2.21. The smallest absolute Gasteiger partial charge is 0.160 e. The van der Waals surface area contributed by atoms with Crippen molar-refractivity contribution >= 4 is 53.3 Å². The van der Waals surface area contributed by atoms with Crippen LogP contribution in [0, 0.1) is 22.7 Å². The van der Waals surface area contributed by atoms with Crippen molar-refractivity contribution in [2.24, 2.45) is 0 Å². The van der Waals surface area contributed by atoms with Crippen LogP contribution in [0.5, 0.6) is 0 Å². The number of aromatic nitrogens is 3. The van der Waals surface area contributed by atoms with Crippen LogP contribution >= 0.6 is 11.3 Å². The van der Waals surface area contributed by atoms with E-state index in [2.05, 4.69) is 108 Å². The lowest BCUT2D eigenvalue weighted by molar-refractivity contribution is 1.17. The predicted molar refractivity (Wildman–Crippen MR) is 246 cm³/mol. The Morgan fingerprint density at radius 1 is 0.433 bits per heavy atom. The number of hydrogen-bond donors (Lipinski definition) is 0. The molecule has 278 valence electrons. The van der Waals surface area contributed by atoms with Crippen LogP contribution in [0.3, 0.4) is 0 Å². The summed E-state index contributed by atoms with van der Waals surface area (Å²) in [5.74, 6) is 0.630. The van der Waals surface area contributed by atoms with Crippen LogP contribution < -0.4 is 0 Å². The van der Waals surface area contributed by atoms with Crippen LogP contribution in [0.15, 0.2) is 188 Å². The average Bonchev–Trinajstić information content (AvgIpc) is 3.87. The van der Waals surface area contributed by atoms with E-state index in [9.17, 15) is 10.5 Å². The fraction of sp³-hybridized carbons (Fsp3) is 0. The second kappa shape index (κ2) is 14.3. The SMILES string of the molecule is N#Cc1ccc(-c2cc(-c3cc(-c4ccccc4)nc(-c4ccccc4)n3)cc(-c3ccc(C#N)cc3)c2-n2c3ccccc3c3c4sc5ccccc5c4ccc32)cc1. The van der Waals surface area contributed by atoms with Gasteiger partial charge in [0.25, 0.3) is 0 Å². The quantitative estimate of drug-likeness (QED) is 0.168. The van der Waals surface area contributed by atoms with Crippen molar-refractivity contribution in [3.63, 3.8) is 0 Å². The molecule has 5 nitrogen and oxygen atoms in total. The summed E-state index contributed by atoms with van der Waals surface area (Å²) in [4.78, 5) is 10.4. The topological polar surface area (TPSA) is 78.3 Å². The molecule has 0 aliphatic carbocycles. The molecule has 11 aromatic rings. The van der Waals surface area contributed by atoms with Gasteiger partial charge in [0.2, 0.25) is 0 Å². The molecule has 0 amide bonds. The summed E-state index contributed by atoms with van der Waals surface area (Å²) >= 11 is 1.83. The number of nitrogens with zero attached hydrogens (tertiary/aromatic N) is 5. The highest BCUT2D eigenvalue weighted by molar-refractivity contribution is 7.26. The Morgan fingerprint density at radius 2 is 0.983 bits per heavy atom. The molecule has 0 unspecified atom stereocenters. The zero-order valence-corrected chi connectivity index (χ0v) is 32.9. The zero-order valence-electron chi connectivity index (χ0n) is 32.0. The highest BCUT2D eigenvalue weighted by atomic mass is 32.1. The van der Waals surface area contributed by atoms with Gasteiger partial charge in [0.1, 0.15) is 0 Å². The van der Waals surface area contributed by atoms with E-state index < -0.39 is 0 Å². The standard InChI is InChI=1S/C54H31N5S/c55-32-34-19-23-36(24-20-34)44-29-40(47-31-46(38-11-3-1-4-12-38)57-54(58-47)39-13-5-2-6-14-39)30-45(37-25-21-35(33-56)22-26-37)52(44)59-48-17-9-7-16-43(48)51-49(59)28-27-42-41-15-8-10-18-50(41)60-53(42)51/h1-31H. The largest absolute Gasteiger partial charge is 0.308 e. The van der Waals surface area contributed by atoms with Crippen molar-refractivity contribution in [3.8, 4) is 74.0 Å². The van der Waals surface area contributed by atoms with Crippen molar-refractivity contribution in [2.75, 3.05) is 0 Å². The Morgan fingerprint density at radius 3 is 1.62 bits per heavy atom. The van der Waals surface area contributed by atoms with E-state index in [1.165, 1.54) is 30.9 Å². The Labute approximate surface area is 350 Å². The van der Waals surface area contributed by atoms with E-state index in [4.69, 9.17) is 9.97 Å². The normalized spacial score (nSPS) is 11.3. The fourth-order valence-corrected chi connectivity index (χ4v) is 9.72. The van der Waals surface area contributed by atoms with E-state index in [1.807, 2.05) is 108 Å². The Kier molecular flexibility index (Phi) is 8.37. The van der Waals surface area contributed by atoms with E-state index >= 15 is 0 Å². The van der Waals surface area contributed by atoms with Gasteiger partial charge in [-0.15, -0.1) is 11.3 Å². The minimum absolute atomic E-state index is 0.587. The molecule has 0 N–H and O–H groups in total. The summed E-state index contributed by atoms with van der Waals surface area (Å²) in [6.45, 7) is 0. The molecule has 8 aromatic carbocycles. The number of hydrogen-bond acceptors (Lipinski definition) is 5. The minimum Gasteiger partial charge on any atom is -0.308 e. The van der Waals surface area contributed by atoms with Gasteiger partial charge in [-0.3, -0.25) is 0 Å². The molecular weight excluding hydrogens is 751 g/mol. The minimum atomic E-state index is 0.587. The van der Waals surface area contributed by atoms with Crippen molar-refractivity contribution in [3.05, 3.63) is 199 Å². The van der Waals surface area contributed by atoms with Gasteiger partial charge < -0.3 is 4.57 Å². The summed E-state index contributed by atoms with van der Waals surface area (Å²) in [5.41, 5.74) is 12.6. The summed E-state index contributed by atoms with van der Waals surface area (Å²) < 4.78 is 4.92. The number of thiophene rings is 1. The molecule has 0 atom stereocenters. The molecule has 0 aliphatic rings. The van der Waals surface area contributed by atoms with Gasteiger partial charge in [0.15, 0.2) is 5.82 Å². The van der Waals surface area contributed by atoms with Gasteiger partial charge in [0, 0.05) is 58.8 Å². The van der Waals surface area contributed by atoms with Gasteiger partial charge in [-0.25, -0.2) is 9.97 Å². The average molecular weight is 782 g/mol. The molecule has 6 heteroatoms. The van der Waals surface area contributed by atoms with Crippen LogP contribution in [0.1, 0.15) is 11.1 Å². The Hall–Kier alpha value is -8.16. The molecule has 3 aromatic heterocycles. The molecule has 0 bridgehead atoms. The third kappa shape index (κ3) is 5.83. The first-order valence-corrected chi connectivity index (χ1v) is 20.5. The monoisotopic (exact) mass is 781 g/mol. The molecule has 0 saturated carbocycles. The lowest BCUT2D eigenvalue weighted by atomic mass is 9.91. The summed E-state index contributed by atoms with van der Waals surface area (Å²) in [7, 11) is 0. The first-order valence-electron chi connectivity index (χ1n) is 19.7. The molecule has 0 aliphatic heterocycles. The highest BCUT2D eigenvalue weighted by Gasteiger charge is 2.24. The molecule has 0 fully saturated rings. The second-order valence-electron chi connectivity index (χ2n) is 14.8. The second-order valence-corrected chi connectivity index (χ2v) is 15.8. The lowest BCUT2D eigenvalue weighted by Crippen LogP contribution is -2.03. The summed E-state index contributed by atoms with van der Waals surface area (Å²) in [5, 5.41) is 24.6. The van der Waals surface area contributed by atoms with E-state index in [1.54, 1.807) is 0 Å². The maximum Gasteiger partial charge on any atom is 0.160 e. The maximum absolute atomic E-state index is 9.86. The van der Waals surface area contributed by atoms with Gasteiger partial charge in [0.05, 0.1) is 51.4 Å². The molecule has 0 radical (unpaired) electrons. The van der Waals surface area contributed by atoms with Crippen molar-refractivity contribution in [1.82, 2.24) is 14.5 Å². The number of para-hydroxylation sites is 1. The van der Waals surface area contributed by atoms with Crippen LogP contribution in [0.25, 0.3) is 104 Å². The summed E-state index contributed by atoms with van der Waals surface area (Å²) in [6, 6.07) is 68.9.